The van der Waals surface area contributed by atoms with E-state index in [1.165, 1.54) is 32.1 Å². The van der Waals surface area contributed by atoms with E-state index in [0.29, 0.717) is 23.8 Å². The molecule has 2 aliphatic rings. The molecular formula is C29H36N2O4. The Bertz CT molecular complexity index is 1080. The first-order valence-electron chi connectivity index (χ1n) is 12.5. The predicted octanol–water partition coefficient (Wildman–Crippen LogP) is 6.50. The Morgan fingerprint density at radius 3 is 2.43 bits per heavy atom. The van der Waals surface area contributed by atoms with Crippen LogP contribution in [0.15, 0.2) is 41.5 Å². The SMILES string of the molecule is COc1cc(/C=C/c2ccc(OCC3CCCCC3)cc2)c(C2CC(C)=NN2C(C)=O)c(OC)c1. The van der Waals surface area contributed by atoms with E-state index in [1.807, 2.05) is 37.3 Å². The number of hydrogen-bond donors (Lipinski definition) is 0. The Morgan fingerprint density at radius 2 is 1.77 bits per heavy atom. The maximum Gasteiger partial charge on any atom is 0.240 e. The number of methoxy groups -OCH3 is 2. The minimum Gasteiger partial charge on any atom is -0.497 e. The van der Waals surface area contributed by atoms with Crippen molar-refractivity contribution in [3.63, 3.8) is 0 Å². The van der Waals surface area contributed by atoms with Gasteiger partial charge in [-0.2, -0.15) is 5.10 Å². The number of amides is 1. The fourth-order valence-corrected chi connectivity index (χ4v) is 5.01. The van der Waals surface area contributed by atoms with Gasteiger partial charge in [-0.25, -0.2) is 5.01 Å². The van der Waals surface area contributed by atoms with Crippen LogP contribution in [0, 0.1) is 5.92 Å². The topological polar surface area (TPSA) is 60.4 Å². The van der Waals surface area contributed by atoms with Crippen LogP contribution in [0.1, 0.15) is 75.1 Å². The molecule has 1 amide bonds. The monoisotopic (exact) mass is 476 g/mol. The normalized spacial score (nSPS) is 18.6. The van der Waals surface area contributed by atoms with E-state index in [0.717, 1.165) is 34.8 Å². The van der Waals surface area contributed by atoms with Crippen LogP contribution < -0.4 is 14.2 Å². The first-order valence-corrected chi connectivity index (χ1v) is 12.5. The lowest BCUT2D eigenvalue weighted by molar-refractivity contribution is -0.130. The van der Waals surface area contributed by atoms with Gasteiger partial charge in [0.1, 0.15) is 17.2 Å². The Hall–Kier alpha value is -3.28. The average molecular weight is 477 g/mol. The predicted molar refractivity (Wildman–Crippen MR) is 140 cm³/mol. The highest BCUT2D eigenvalue weighted by molar-refractivity contribution is 5.88. The molecule has 1 saturated carbocycles. The third-order valence-electron chi connectivity index (χ3n) is 6.87. The Balaban J connectivity index is 1.56. The number of rotatable bonds is 8. The van der Waals surface area contributed by atoms with Gasteiger partial charge in [-0.1, -0.05) is 43.5 Å². The van der Waals surface area contributed by atoms with E-state index in [9.17, 15) is 4.79 Å². The number of carbonyl (C=O) groups excluding carboxylic acids is 1. The molecule has 2 aromatic rings. The minimum atomic E-state index is -0.219. The van der Waals surface area contributed by atoms with Crippen molar-refractivity contribution in [2.45, 2.75) is 58.4 Å². The van der Waals surface area contributed by atoms with E-state index in [4.69, 9.17) is 14.2 Å². The number of benzene rings is 2. The molecule has 0 bridgehead atoms. The zero-order chi connectivity index (χ0) is 24.8. The summed E-state index contributed by atoms with van der Waals surface area (Å²) in [4.78, 5) is 12.3. The number of hydrazone groups is 1. The molecule has 2 aromatic carbocycles. The lowest BCUT2D eigenvalue weighted by Gasteiger charge is -2.25. The largest absolute Gasteiger partial charge is 0.497 e. The molecule has 6 heteroatoms. The molecule has 1 unspecified atom stereocenters. The van der Waals surface area contributed by atoms with Crippen LogP contribution in [-0.2, 0) is 4.79 Å². The van der Waals surface area contributed by atoms with Crippen molar-refractivity contribution in [2.24, 2.45) is 11.0 Å². The molecule has 4 rings (SSSR count). The molecule has 1 atom stereocenters. The maximum atomic E-state index is 12.3. The van der Waals surface area contributed by atoms with E-state index < -0.39 is 0 Å². The summed E-state index contributed by atoms with van der Waals surface area (Å²) < 4.78 is 17.3. The van der Waals surface area contributed by atoms with Crippen LogP contribution in [-0.4, -0.2) is 37.5 Å². The summed E-state index contributed by atoms with van der Waals surface area (Å²) in [6.07, 6.45) is 11.3. The molecular weight excluding hydrogens is 440 g/mol. The van der Waals surface area contributed by atoms with Crippen LogP contribution in [0.4, 0.5) is 0 Å². The van der Waals surface area contributed by atoms with Crippen LogP contribution >= 0.6 is 0 Å². The number of hydrogen-bond acceptors (Lipinski definition) is 5. The maximum absolute atomic E-state index is 12.3. The molecule has 1 aliphatic carbocycles. The van der Waals surface area contributed by atoms with Crippen LogP contribution in [0.25, 0.3) is 12.2 Å². The van der Waals surface area contributed by atoms with Gasteiger partial charge in [0.2, 0.25) is 5.91 Å². The highest BCUT2D eigenvalue weighted by Crippen LogP contribution is 2.41. The Kier molecular flexibility index (Phi) is 8.11. The average Bonchev–Trinajstić information content (AvgIpc) is 3.28. The summed E-state index contributed by atoms with van der Waals surface area (Å²) in [6, 6.07) is 11.8. The van der Waals surface area contributed by atoms with Gasteiger partial charge in [0.25, 0.3) is 0 Å². The summed E-state index contributed by atoms with van der Waals surface area (Å²) in [7, 11) is 3.28. The van der Waals surface area contributed by atoms with Gasteiger partial charge in [0.15, 0.2) is 0 Å². The fraction of sp³-hybridized carbons (Fsp3) is 0.448. The molecule has 0 saturated heterocycles. The Morgan fingerprint density at radius 1 is 1.03 bits per heavy atom. The fourth-order valence-electron chi connectivity index (χ4n) is 5.01. The molecule has 0 spiro atoms. The van der Waals surface area contributed by atoms with Crippen molar-refractivity contribution < 1.29 is 19.0 Å². The minimum absolute atomic E-state index is 0.0940. The molecule has 35 heavy (non-hydrogen) atoms. The van der Waals surface area contributed by atoms with Gasteiger partial charge in [-0.15, -0.1) is 0 Å². The summed E-state index contributed by atoms with van der Waals surface area (Å²) in [5.74, 6) is 2.87. The Labute approximate surface area is 208 Å². The lowest BCUT2D eigenvalue weighted by atomic mass is 9.90. The first-order chi connectivity index (χ1) is 17.0. The highest BCUT2D eigenvalue weighted by atomic mass is 16.5. The van der Waals surface area contributed by atoms with Crippen molar-refractivity contribution in [1.29, 1.82) is 0 Å². The van der Waals surface area contributed by atoms with Crippen LogP contribution in [0.5, 0.6) is 17.2 Å². The lowest BCUT2D eigenvalue weighted by Crippen LogP contribution is -2.25. The zero-order valence-electron chi connectivity index (χ0n) is 21.3. The quantitative estimate of drug-likeness (QED) is 0.408. The first kappa shape index (κ1) is 24.8. The molecule has 186 valence electrons. The number of nitrogens with zero attached hydrogens (tertiary/aromatic N) is 2. The second-order valence-electron chi connectivity index (χ2n) is 9.47. The van der Waals surface area contributed by atoms with Crippen LogP contribution in [0.3, 0.4) is 0 Å². The van der Waals surface area contributed by atoms with E-state index >= 15 is 0 Å². The van der Waals surface area contributed by atoms with Gasteiger partial charge in [-0.3, -0.25) is 4.79 Å². The van der Waals surface area contributed by atoms with Gasteiger partial charge in [0.05, 0.1) is 26.9 Å². The molecule has 1 heterocycles. The molecule has 1 aliphatic heterocycles. The molecule has 0 radical (unpaired) electrons. The van der Waals surface area contributed by atoms with E-state index in [1.54, 1.807) is 26.2 Å². The highest BCUT2D eigenvalue weighted by Gasteiger charge is 2.33. The second kappa shape index (κ2) is 11.4. The standard InChI is InChI=1S/C29H36N2O4/c1-20-16-27(31(30-20)21(2)32)29-24(17-26(33-3)18-28(29)34-4)13-10-22-11-14-25(15-12-22)35-19-23-8-6-5-7-9-23/h10-15,17-18,23,27H,5-9,16,19H2,1-4H3/b13-10+. The van der Waals surface area contributed by atoms with Crippen molar-refractivity contribution in [3.8, 4) is 17.2 Å². The summed E-state index contributed by atoms with van der Waals surface area (Å²) >= 11 is 0. The van der Waals surface area contributed by atoms with Gasteiger partial charge in [-0.05, 0) is 55.0 Å². The number of ether oxygens (including phenoxy) is 3. The summed E-state index contributed by atoms with van der Waals surface area (Å²) in [6.45, 7) is 4.29. The molecule has 1 fully saturated rings. The third kappa shape index (κ3) is 6.05. The smallest absolute Gasteiger partial charge is 0.240 e. The van der Waals surface area contributed by atoms with Gasteiger partial charge in [0, 0.05) is 30.7 Å². The van der Waals surface area contributed by atoms with Gasteiger partial charge >= 0.3 is 0 Å². The third-order valence-corrected chi connectivity index (χ3v) is 6.87. The van der Waals surface area contributed by atoms with Crippen molar-refractivity contribution in [2.75, 3.05) is 20.8 Å². The molecule has 0 N–H and O–H groups in total. The van der Waals surface area contributed by atoms with Crippen LogP contribution in [0.2, 0.25) is 0 Å². The summed E-state index contributed by atoms with van der Waals surface area (Å²) in [5, 5.41) is 6.01. The zero-order valence-corrected chi connectivity index (χ0v) is 21.3. The van der Waals surface area contributed by atoms with E-state index in [-0.39, 0.29) is 11.9 Å². The second-order valence-corrected chi connectivity index (χ2v) is 9.47. The van der Waals surface area contributed by atoms with Crippen molar-refractivity contribution in [1.82, 2.24) is 5.01 Å². The van der Waals surface area contributed by atoms with Gasteiger partial charge < -0.3 is 14.2 Å². The molecule has 0 aromatic heterocycles. The number of carbonyl (C=O) groups is 1. The summed E-state index contributed by atoms with van der Waals surface area (Å²) in [5.41, 5.74) is 3.83. The van der Waals surface area contributed by atoms with Crippen molar-refractivity contribution >= 4 is 23.8 Å². The van der Waals surface area contributed by atoms with Crippen molar-refractivity contribution in [3.05, 3.63) is 53.1 Å². The van der Waals surface area contributed by atoms with E-state index in [2.05, 4.69) is 23.3 Å². The molecule has 6 nitrogen and oxygen atoms in total.